The summed E-state index contributed by atoms with van der Waals surface area (Å²) >= 11 is 0. The van der Waals surface area contributed by atoms with Gasteiger partial charge in [-0.2, -0.15) is 0 Å². The van der Waals surface area contributed by atoms with Crippen molar-refractivity contribution in [1.82, 2.24) is 9.80 Å². The minimum Gasteiger partial charge on any atom is -0.336 e. The summed E-state index contributed by atoms with van der Waals surface area (Å²) in [4.78, 5) is 32.1. The molecule has 0 radical (unpaired) electrons. The summed E-state index contributed by atoms with van der Waals surface area (Å²) in [6, 6.07) is 22.1. The second-order valence-electron chi connectivity index (χ2n) is 8.33. The van der Waals surface area contributed by atoms with E-state index in [1.54, 1.807) is 0 Å². The maximum atomic E-state index is 13.1. The highest BCUT2D eigenvalue weighted by Gasteiger charge is 2.26. The molecule has 1 saturated heterocycles. The Hall–Kier alpha value is -3.18. The summed E-state index contributed by atoms with van der Waals surface area (Å²) in [5.74, 6) is 0.292. The lowest BCUT2D eigenvalue weighted by Gasteiger charge is -2.35. The molecule has 0 saturated carbocycles. The fourth-order valence-corrected chi connectivity index (χ4v) is 4.74. The SMILES string of the molecule is O=C(c1cccc2ccccc12)N1CCN(CCC(=O)N2CCc3ccccc32)CC1. The van der Waals surface area contributed by atoms with Gasteiger partial charge in [-0.25, -0.2) is 0 Å². The van der Waals surface area contributed by atoms with E-state index >= 15 is 0 Å². The summed E-state index contributed by atoms with van der Waals surface area (Å²) in [5.41, 5.74) is 3.10. The van der Waals surface area contributed by atoms with Crippen molar-refractivity contribution in [2.24, 2.45) is 0 Å². The van der Waals surface area contributed by atoms with Crippen LogP contribution in [0.5, 0.6) is 0 Å². The number of hydrogen-bond acceptors (Lipinski definition) is 3. The molecule has 1 fully saturated rings. The van der Waals surface area contributed by atoms with Crippen LogP contribution in [0.4, 0.5) is 5.69 Å². The van der Waals surface area contributed by atoms with Crippen LogP contribution < -0.4 is 4.90 Å². The largest absolute Gasteiger partial charge is 0.336 e. The highest BCUT2D eigenvalue weighted by molar-refractivity contribution is 6.07. The second-order valence-corrected chi connectivity index (χ2v) is 8.33. The van der Waals surface area contributed by atoms with Gasteiger partial charge in [0.2, 0.25) is 5.91 Å². The molecule has 0 atom stereocenters. The Balaban J connectivity index is 1.16. The van der Waals surface area contributed by atoms with Gasteiger partial charge < -0.3 is 9.80 Å². The van der Waals surface area contributed by atoms with Gasteiger partial charge in [0, 0.05) is 56.9 Å². The van der Waals surface area contributed by atoms with Gasteiger partial charge in [-0.1, -0.05) is 54.6 Å². The third kappa shape index (κ3) is 3.93. The summed E-state index contributed by atoms with van der Waals surface area (Å²) in [5, 5.41) is 2.10. The van der Waals surface area contributed by atoms with Gasteiger partial charge in [-0.3, -0.25) is 14.5 Å². The Morgan fingerprint density at radius 2 is 1.52 bits per heavy atom. The molecule has 3 aromatic carbocycles. The van der Waals surface area contributed by atoms with Crippen LogP contribution in [0.25, 0.3) is 10.8 Å². The lowest BCUT2D eigenvalue weighted by Crippen LogP contribution is -2.49. The zero-order chi connectivity index (χ0) is 21.2. The molecule has 0 aromatic heterocycles. The van der Waals surface area contributed by atoms with Crippen LogP contribution in [-0.4, -0.2) is 60.9 Å². The van der Waals surface area contributed by atoms with Crippen molar-refractivity contribution >= 4 is 28.3 Å². The zero-order valence-corrected chi connectivity index (χ0v) is 17.7. The predicted octanol–water partition coefficient (Wildman–Crippen LogP) is 3.58. The van der Waals surface area contributed by atoms with Crippen LogP contribution in [-0.2, 0) is 11.2 Å². The molecular weight excluding hydrogens is 386 g/mol. The lowest BCUT2D eigenvalue weighted by molar-refractivity contribution is -0.118. The molecule has 0 unspecified atom stereocenters. The monoisotopic (exact) mass is 413 g/mol. The molecule has 3 aromatic rings. The van der Waals surface area contributed by atoms with Gasteiger partial charge in [-0.05, 0) is 34.9 Å². The van der Waals surface area contributed by atoms with E-state index in [4.69, 9.17) is 0 Å². The van der Waals surface area contributed by atoms with Crippen LogP contribution in [0.15, 0.2) is 66.7 Å². The van der Waals surface area contributed by atoms with E-state index in [9.17, 15) is 9.59 Å². The summed E-state index contributed by atoms with van der Waals surface area (Å²) in [6.07, 6.45) is 1.46. The van der Waals surface area contributed by atoms with E-state index in [1.807, 2.05) is 70.5 Å². The standard InChI is InChI=1S/C26H27N3O2/c30-25(29-15-12-21-7-2-4-11-24(21)29)13-14-27-16-18-28(19-17-27)26(31)23-10-5-8-20-6-1-3-9-22(20)23/h1-11H,12-19H2. The molecule has 0 bridgehead atoms. The number of hydrogen-bond donors (Lipinski definition) is 0. The quantitative estimate of drug-likeness (QED) is 0.657. The van der Waals surface area contributed by atoms with Crippen molar-refractivity contribution in [2.75, 3.05) is 44.2 Å². The van der Waals surface area contributed by atoms with Gasteiger partial charge in [0.15, 0.2) is 0 Å². The van der Waals surface area contributed by atoms with E-state index in [2.05, 4.69) is 11.0 Å². The highest BCUT2D eigenvalue weighted by atomic mass is 16.2. The predicted molar refractivity (Wildman–Crippen MR) is 123 cm³/mol. The van der Waals surface area contributed by atoms with Crippen molar-refractivity contribution in [3.63, 3.8) is 0 Å². The third-order valence-corrected chi connectivity index (χ3v) is 6.51. The Labute approximate surface area is 182 Å². The molecular formula is C26H27N3O2. The van der Waals surface area contributed by atoms with Crippen molar-refractivity contribution in [3.8, 4) is 0 Å². The number of benzene rings is 3. The van der Waals surface area contributed by atoms with E-state index < -0.39 is 0 Å². The number of carbonyl (C=O) groups excluding carboxylic acids is 2. The minimum atomic E-state index is 0.0983. The second kappa shape index (κ2) is 8.52. The normalized spacial score (nSPS) is 16.5. The molecule has 5 rings (SSSR count). The van der Waals surface area contributed by atoms with Crippen molar-refractivity contribution < 1.29 is 9.59 Å². The van der Waals surface area contributed by atoms with E-state index in [-0.39, 0.29) is 11.8 Å². The first-order valence-electron chi connectivity index (χ1n) is 11.1. The van der Waals surface area contributed by atoms with E-state index in [0.717, 1.165) is 54.6 Å². The molecule has 5 heteroatoms. The van der Waals surface area contributed by atoms with Crippen LogP contribution in [0.2, 0.25) is 0 Å². The Kier molecular flexibility index (Phi) is 5.43. The number of rotatable bonds is 4. The fourth-order valence-electron chi connectivity index (χ4n) is 4.74. The van der Waals surface area contributed by atoms with Gasteiger partial charge in [0.25, 0.3) is 5.91 Å². The molecule has 2 amide bonds. The average Bonchev–Trinajstić information content (AvgIpc) is 3.26. The Bertz CT molecular complexity index is 1110. The topological polar surface area (TPSA) is 43.9 Å². The van der Waals surface area contributed by atoms with Crippen LogP contribution in [0.3, 0.4) is 0 Å². The minimum absolute atomic E-state index is 0.0983. The molecule has 0 spiro atoms. The molecule has 2 aliphatic rings. The van der Waals surface area contributed by atoms with E-state index in [0.29, 0.717) is 19.5 Å². The molecule has 31 heavy (non-hydrogen) atoms. The molecule has 2 heterocycles. The van der Waals surface area contributed by atoms with Crippen molar-refractivity contribution in [2.45, 2.75) is 12.8 Å². The number of amides is 2. The smallest absolute Gasteiger partial charge is 0.254 e. The highest BCUT2D eigenvalue weighted by Crippen LogP contribution is 2.28. The number of para-hydroxylation sites is 1. The number of carbonyl (C=O) groups is 2. The zero-order valence-electron chi connectivity index (χ0n) is 17.7. The summed E-state index contributed by atoms with van der Waals surface area (Å²) in [6.45, 7) is 4.53. The number of nitrogens with zero attached hydrogens (tertiary/aromatic N) is 3. The van der Waals surface area contributed by atoms with Crippen LogP contribution in [0, 0.1) is 0 Å². The Morgan fingerprint density at radius 3 is 2.39 bits per heavy atom. The maximum absolute atomic E-state index is 13.1. The molecule has 2 aliphatic heterocycles. The number of piperazine rings is 1. The van der Waals surface area contributed by atoms with Gasteiger partial charge in [0.1, 0.15) is 0 Å². The summed E-state index contributed by atoms with van der Waals surface area (Å²) in [7, 11) is 0. The first kappa shape index (κ1) is 19.8. The lowest BCUT2D eigenvalue weighted by atomic mass is 10.0. The van der Waals surface area contributed by atoms with Gasteiger partial charge in [0.05, 0.1) is 0 Å². The maximum Gasteiger partial charge on any atom is 0.254 e. The molecule has 5 nitrogen and oxygen atoms in total. The first-order chi connectivity index (χ1) is 15.2. The van der Waals surface area contributed by atoms with Crippen molar-refractivity contribution in [3.05, 3.63) is 77.9 Å². The third-order valence-electron chi connectivity index (χ3n) is 6.51. The van der Waals surface area contributed by atoms with Crippen LogP contribution in [0.1, 0.15) is 22.3 Å². The van der Waals surface area contributed by atoms with Crippen molar-refractivity contribution in [1.29, 1.82) is 0 Å². The fraction of sp³-hybridized carbons (Fsp3) is 0.308. The molecule has 158 valence electrons. The molecule has 0 aliphatic carbocycles. The summed E-state index contributed by atoms with van der Waals surface area (Å²) < 4.78 is 0. The number of anilines is 1. The molecule has 0 N–H and O–H groups in total. The van der Waals surface area contributed by atoms with Gasteiger partial charge in [-0.15, -0.1) is 0 Å². The van der Waals surface area contributed by atoms with Crippen LogP contribution >= 0.6 is 0 Å². The van der Waals surface area contributed by atoms with E-state index in [1.165, 1.54) is 5.56 Å². The first-order valence-corrected chi connectivity index (χ1v) is 11.1. The van der Waals surface area contributed by atoms with Gasteiger partial charge >= 0.3 is 0 Å². The average molecular weight is 414 g/mol. The Morgan fingerprint density at radius 1 is 0.774 bits per heavy atom. The number of fused-ring (bicyclic) bond motifs is 2.